The Balaban J connectivity index is 1.59. The van der Waals surface area contributed by atoms with E-state index >= 15 is 0 Å². The van der Waals surface area contributed by atoms with Crippen molar-refractivity contribution in [2.75, 3.05) is 5.32 Å². The molecule has 4 aromatic carbocycles. The number of benzene rings is 4. The van der Waals surface area contributed by atoms with Crippen LogP contribution in [0.25, 0.3) is 22.0 Å². The molecule has 0 aliphatic rings. The summed E-state index contributed by atoms with van der Waals surface area (Å²) in [7, 11) is 0. The highest BCUT2D eigenvalue weighted by atomic mass is 35.5. The molecule has 0 aliphatic heterocycles. The molecule has 7 heteroatoms. The van der Waals surface area contributed by atoms with Crippen LogP contribution < -0.4 is 5.32 Å². The first kappa shape index (κ1) is 25.1. The summed E-state index contributed by atoms with van der Waals surface area (Å²) in [5.41, 5.74) is 4.41. The lowest BCUT2D eigenvalue weighted by atomic mass is 9.91. The number of pyridine rings is 1. The zero-order valence-electron chi connectivity index (χ0n) is 19.5. The molecule has 5 rings (SSSR count). The maximum Gasteiger partial charge on any atom is 0.418 e. The van der Waals surface area contributed by atoms with Gasteiger partial charge in [0.2, 0.25) is 0 Å². The van der Waals surface area contributed by atoms with Crippen molar-refractivity contribution in [2.45, 2.75) is 19.1 Å². The van der Waals surface area contributed by atoms with Gasteiger partial charge in [-0.25, -0.2) is 0 Å². The van der Waals surface area contributed by atoms with E-state index in [4.69, 9.17) is 23.2 Å². The van der Waals surface area contributed by atoms with Gasteiger partial charge in [-0.15, -0.1) is 0 Å². The second-order valence-electron chi connectivity index (χ2n) is 8.70. The Labute approximate surface area is 222 Å². The zero-order valence-corrected chi connectivity index (χ0v) is 21.0. The van der Waals surface area contributed by atoms with Crippen molar-refractivity contribution >= 4 is 39.8 Å². The average molecular weight is 537 g/mol. The monoisotopic (exact) mass is 536 g/mol. The first-order valence-corrected chi connectivity index (χ1v) is 12.3. The minimum atomic E-state index is -4.51. The van der Waals surface area contributed by atoms with Crippen LogP contribution in [-0.2, 0) is 19.1 Å². The van der Waals surface area contributed by atoms with Crippen LogP contribution in [0.2, 0.25) is 10.0 Å². The number of rotatable bonds is 6. The third-order valence-corrected chi connectivity index (χ3v) is 6.89. The highest BCUT2D eigenvalue weighted by Crippen LogP contribution is 2.39. The smallest absolute Gasteiger partial charge is 0.381 e. The summed E-state index contributed by atoms with van der Waals surface area (Å²) in [6, 6.07) is 27.1. The summed E-state index contributed by atoms with van der Waals surface area (Å²) in [6.45, 7) is 0.506. The molecule has 1 heterocycles. The molecule has 37 heavy (non-hydrogen) atoms. The lowest BCUT2D eigenvalue weighted by molar-refractivity contribution is -0.136. The van der Waals surface area contributed by atoms with Gasteiger partial charge in [0.1, 0.15) is 0 Å². The number of hydrogen-bond donors (Lipinski definition) is 1. The van der Waals surface area contributed by atoms with Gasteiger partial charge in [-0.05, 0) is 64.6 Å². The Kier molecular flexibility index (Phi) is 7.09. The fourth-order valence-corrected chi connectivity index (χ4v) is 4.74. The quantitative estimate of drug-likeness (QED) is 0.233. The molecule has 0 spiro atoms. The Morgan fingerprint density at radius 3 is 2.30 bits per heavy atom. The molecule has 0 unspecified atom stereocenters. The van der Waals surface area contributed by atoms with E-state index < -0.39 is 11.7 Å². The number of fused-ring (bicyclic) bond motifs is 1. The summed E-state index contributed by atoms with van der Waals surface area (Å²) in [6.07, 6.45) is -2.40. The second kappa shape index (κ2) is 10.4. The lowest BCUT2D eigenvalue weighted by Crippen LogP contribution is -2.07. The minimum absolute atomic E-state index is 0.0593. The molecule has 0 atom stereocenters. The third kappa shape index (κ3) is 5.58. The van der Waals surface area contributed by atoms with E-state index in [1.165, 1.54) is 6.07 Å². The molecule has 186 valence electrons. The summed E-state index contributed by atoms with van der Waals surface area (Å²) < 4.78 is 41.4. The molecular formula is C30H21Cl2F3N2. The number of nitrogens with zero attached hydrogens (tertiary/aromatic N) is 1. The Morgan fingerprint density at radius 1 is 0.757 bits per heavy atom. The SMILES string of the molecule is FC(F)(F)c1cccc2c(-c3cccc(NCc4ccc(Cl)c(Cl)c4)c3)c(Cc3ccccc3)cnc12. The van der Waals surface area contributed by atoms with Gasteiger partial charge < -0.3 is 5.32 Å². The van der Waals surface area contributed by atoms with Crippen LogP contribution in [0.1, 0.15) is 22.3 Å². The Bertz CT molecular complexity index is 1570. The lowest BCUT2D eigenvalue weighted by Gasteiger charge is -2.17. The van der Waals surface area contributed by atoms with Crippen molar-refractivity contribution in [3.8, 4) is 11.1 Å². The first-order chi connectivity index (χ1) is 17.8. The van der Waals surface area contributed by atoms with Crippen molar-refractivity contribution in [3.05, 3.63) is 129 Å². The molecule has 5 aromatic rings. The number of halogens is 5. The Morgan fingerprint density at radius 2 is 1.54 bits per heavy atom. The number of hydrogen-bond acceptors (Lipinski definition) is 2. The van der Waals surface area contributed by atoms with Gasteiger partial charge in [0.05, 0.1) is 21.1 Å². The standard InChI is InChI=1S/C30H21Cl2F3N2/c31-26-13-12-20(15-27(26)32)17-36-23-9-4-8-21(16-23)28-22(14-19-6-2-1-3-7-19)18-37-29-24(28)10-5-11-25(29)30(33,34)35/h1-13,15-16,18,36H,14,17H2. The van der Waals surface area contributed by atoms with Crippen LogP contribution in [0.3, 0.4) is 0 Å². The van der Waals surface area contributed by atoms with Gasteiger partial charge in [0.25, 0.3) is 0 Å². The molecular weight excluding hydrogens is 516 g/mol. The molecule has 0 radical (unpaired) electrons. The van der Waals surface area contributed by atoms with Crippen LogP contribution in [0, 0.1) is 0 Å². The van der Waals surface area contributed by atoms with Crippen molar-refractivity contribution < 1.29 is 13.2 Å². The number of alkyl halides is 3. The van der Waals surface area contributed by atoms with Crippen LogP contribution in [0.15, 0.2) is 97.2 Å². The fraction of sp³-hybridized carbons (Fsp3) is 0.100. The largest absolute Gasteiger partial charge is 0.418 e. The van der Waals surface area contributed by atoms with Gasteiger partial charge >= 0.3 is 6.18 Å². The average Bonchev–Trinajstić information content (AvgIpc) is 2.89. The highest BCUT2D eigenvalue weighted by molar-refractivity contribution is 6.42. The van der Waals surface area contributed by atoms with E-state index in [1.807, 2.05) is 60.7 Å². The highest BCUT2D eigenvalue weighted by Gasteiger charge is 2.33. The predicted molar refractivity (Wildman–Crippen MR) is 145 cm³/mol. The molecule has 0 saturated carbocycles. The third-order valence-electron chi connectivity index (χ3n) is 6.15. The number of nitrogens with one attached hydrogen (secondary N) is 1. The molecule has 0 saturated heterocycles. The first-order valence-electron chi connectivity index (χ1n) is 11.6. The molecule has 0 amide bonds. The van der Waals surface area contributed by atoms with Crippen LogP contribution in [0.4, 0.5) is 18.9 Å². The van der Waals surface area contributed by atoms with Gasteiger partial charge in [0, 0.05) is 23.8 Å². The molecule has 0 fully saturated rings. The van der Waals surface area contributed by atoms with Crippen molar-refractivity contribution in [1.82, 2.24) is 4.98 Å². The van der Waals surface area contributed by atoms with Crippen LogP contribution in [0.5, 0.6) is 0 Å². The summed E-state index contributed by atoms with van der Waals surface area (Å²) in [5.74, 6) is 0. The van der Waals surface area contributed by atoms with E-state index in [2.05, 4.69) is 10.3 Å². The van der Waals surface area contributed by atoms with Gasteiger partial charge in [-0.1, -0.05) is 83.9 Å². The molecule has 2 nitrogen and oxygen atoms in total. The number of aromatic nitrogens is 1. The maximum atomic E-state index is 13.8. The zero-order chi connectivity index (χ0) is 26.0. The van der Waals surface area contributed by atoms with Gasteiger partial charge in [0.15, 0.2) is 0 Å². The topological polar surface area (TPSA) is 24.9 Å². The van der Waals surface area contributed by atoms with E-state index in [1.54, 1.807) is 24.4 Å². The van der Waals surface area contributed by atoms with Crippen molar-refractivity contribution in [2.24, 2.45) is 0 Å². The second-order valence-corrected chi connectivity index (χ2v) is 9.52. The minimum Gasteiger partial charge on any atom is -0.381 e. The van der Waals surface area contributed by atoms with Gasteiger partial charge in [-0.2, -0.15) is 13.2 Å². The van der Waals surface area contributed by atoms with Gasteiger partial charge in [-0.3, -0.25) is 4.98 Å². The molecule has 0 bridgehead atoms. The molecule has 1 N–H and O–H groups in total. The van der Waals surface area contributed by atoms with E-state index in [0.717, 1.165) is 39.6 Å². The summed E-state index contributed by atoms with van der Waals surface area (Å²) >= 11 is 12.2. The van der Waals surface area contributed by atoms with E-state index in [9.17, 15) is 13.2 Å². The predicted octanol–water partition coefficient (Wildman–Crippen LogP) is 9.43. The van der Waals surface area contributed by atoms with Crippen molar-refractivity contribution in [1.29, 1.82) is 0 Å². The maximum absolute atomic E-state index is 13.8. The number of anilines is 1. The van der Waals surface area contributed by atoms with Crippen LogP contribution >= 0.6 is 23.2 Å². The molecule has 0 aliphatic carbocycles. The van der Waals surface area contributed by atoms with E-state index in [0.29, 0.717) is 28.4 Å². The molecule has 1 aromatic heterocycles. The van der Waals surface area contributed by atoms with Crippen LogP contribution in [-0.4, -0.2) is 4.98 Å². The summed E-state index contributed by atoms with van der Waals surface area (Å²) in [5, 5.41) is 4.80. The number of para-hydroxylation sites is 1. The summed E-state index contributed by atoms with van der Waals surface area (Å²) in [4.78, 5) is 4.28. The van der Waals surface area contributed by atoms with E-state index in [-0.39, 0.29) is 5.52 Å². The Hall–Kier alpha value is -3.54. The van der Waals surface area contributed by atoms with Crippen molar-refractivity contribution in [3.63, 3.8) is 0 Å². The fourth-order valence-electron chi connectivity index (χ4n) is 4.42. The normalized spacial score (nSPS) is 11.6.